The van der Waals surface area contributed by atoms with Crippen molar-refractivity contribution in [2.75, 3.05) is 32.8 Å². The highest BCUT2D eigenvalue weighted by molar-refractivity contribution is 5.94. The second kappa shape index (κ2) is 6.25. The number of aliphatic hydroxyl groups excluding tert-OH is 1. The lowest BCUT2D eigenvalue weighted by molar-refractivity contribution is 0.0627. The van der Waals surface area contributed by atoms with Crippen LogP contribution in [0.4, 0.5) is 0 Å². The maximum Gasteiger partial charge on any atom is 0.255 e. The maximum absolute atomic E-state index is 12.5. The third-order valence-electron chi connectivity index (χ3n) is 3.96. The van der Waals surface area contributed by atoms with E-state index in [2.05, 4.69) is 21.7 Å². The molecule has 1 amide bonds. The van der Waals surface area contributed by atoms with Gasteiger partial charge in [0.1, 0.15) is 6.61 Å². The van der Waals surface area contributed by atoms with E-state index in [1.807, 2.05) is 4.90 Å². The molecule has 1 N–H and O–H groups in total. The highest BCUT2D eigenvalue weighted by Crippen LogP contribution is 2.27. The minimum Gasteiger partial charge on any atom is -0.384 e. The Kier molecular flexibility index (Phi) is 4.18. The topological polar surface area (TPSA) is 56.7 Å². The zero-order chi connectivity index (χ0) is 14.7. The van der Waals surface area contributed by atoms with Gasteiger partial charge in [-0.3, -0.25) is 14.7 Å². The van der Waals surface area contributed by atoms with Gasteiger partial charge in [-0.1, -0.05) is 11.8 Å². The summed E-state index contributed by atoms with van der Waals surface area (Å²) in [4.78, 5) is 20.9. The normalized spacial score (nSPS) is 19.0. The Morgan fingerprint density at radius 3 is 2.71 bits per heavy atom. The van der Waals surface area contributed by atoms with Crippen LogP contribution in [0, 0.1) is 11.8 Å². The molecular formula is C16H19N3O2. The first kappa shape index (κ1) is 14.1. The second-order valence-corrected chi connectivity index (χ2v) is 5.48. The summed E-state index contributed by atoms with van der Waals surface area (Å²) in [7, 11) is 0. The number of carbonyl (C=O) groups is 1. The summed E-state index contributed by atoms with van der Waals surface area (Å²) in [6, 6.07) is 2.51. The average Bonchev–Trinajstić information content (AvgIpc) is 3.37. The van der Waals surface area contributed by atoms with Crippen LogP contribution in [0.25, 0.3) is 0 Å². The number of aromatic nitrogens is 1. The summed E-state index contributed by atoms with van der Waals surface area (Å²) in [5, 5.41) is 8.71. The first-order chi connectivity index (χ1) is 10.3. The number of pyridine rings is 1. The molecule has 1 saturated heterocycles. The molecular weight excluding hydrogens is 266 g/mol. The van der Waals surface area contributed by atoms with E-state index in [4.69, 9.17) is 5.11 Å². The van der Waals surface area contributed by atoms with Crippen LogP contribution in [0.2, 0.25) is 0 Å². The number of hydrogen-bond donors (Lipinski definition) is 1. The Bertz CT molecular complexity index is 579. The molecule has 0 bridgehead atoms. The van der Waals surface area contributed by atoms with Gasteiger partial charge >= 0.3 is 0 Å². The highest BCUT2D eigenvalue weighted by atomic mass is 16.2. The number of aliphatic hydroxyl groups is 1. The fourth-order valence-corrected chi connectivity index (χ4v) is 2.68. The van der Waals surface area contributed by atoms with Crippen LogP contribution in [0.5, 0.6) is 0 Å². The van der Waals surface area contributed by atoms with Crippen molar-refractivity contribution in [3.05, 3.63) is 29.6 Å². The Labute approximate surface area is 124 Å². The average molecular weight is 285 g/mol. The Hall–Kier alpha value is -1.90. The van der Waals surface area contributed by atoms with Gasteiger partial charge in [-0.2, -0.15) is 0 Å². The molecule has 0 radical (unpaired) electrons. The summed E-state index contributed by atoms with van der Waals surface area (Å²) in [5.41, 5.74) is 1.23. The molecule has 2 heterocycles. The molecule has 21 heavy (non-hydrogen) atoms. The molecule has 110 valence electrons. The Morgan fingerprint density at radius 1 is 1.29 bits per heavy atom. The third-order valence-corrected chi connectivity index (χ3v) is 3.96. The largest absolute Gasteiger partial charge is 0.384 e. The minimum absolute atomic E-state index is 0.0191. The number of carbonyl (C=O) groups excluding carboxylic acids is 1. The molecule has 5 nitrogen and oxygen atoms in total. The van der Waals surface area contributed by atoms with E-state index in [1.54, 1.807) is 18.5 Å². The predicted octanol–water partition coefficient (Wildman–Crippen LogP) is 0.346. The van der Waals surface area contributed by atoms with Crippen LogP contribution >= 0.6 is 0 Å². The van der Waals surface area contributed by atoms with E-state index in [-0.39, 0.29) is 12.5 Å². The van der Waals surface area contributed by atoms with Crippen LogP contribution in [-0.2, 0) is 0 Å². The third kappa shape index (κ3) is 3.41. The number of amides is 1. The first-order valence-electron chi connectivity index (χ1n) is 7.36. The van der Waals surface area contributed by atoms with E-state index in [1.165, 1.54) is 12.8 Å². The lowest BCUT2D eigenvalue weighted by atomic mass is 10.1. The first-order valence-corrected chi connectivity index (χ1v) is 7.36. The number of piperazine rings is 1. The van der Waals surface area contributed by atoms with Crippen LogP contribution in [0.1, 0.15) is 28.8 Å². The molecule has 0 spiro atoms. The Balaban J connectivity index is 1.64. The SMILES string of the molecule is O=C(c1cncc(C#CCO)c1)N1CCN(C2CC2)CC1. The van der Waals surface area contributed by atoms with Gasteiger partial charge < -0.3 is 10.0 Å². The summed E-state index contributed by atoms with van der Waals surface area (Å²) in [5.74, 6) is 5.37. The fourth-order valence-electron chi connectivity index (χ4n) is 2.68. The van der Waals surface area contributed by atoms with Gasteiger partial charge in [0.05, 0.1) is 5.56 Å². The van der Waals surface area contributed by atoms with Crippen LogP contribution < -0.4 is 0 Å². The van der Waals surface area contributed by atoms with E-state index in [0.717, 1.165) is 32.2 Å². The molecule has 0 unspecified atom stereocenters. The van der Waals surface area contributed by atoms with E-state index in [9.17, 15) is 4.79 Å². The van der Waals surface area contributed by atoms with Gasteiger partial charge in [-0.15, -0.1) is 0 Å². The van der Waals surface area contributed by atoms with Gasteiger partial charge in [-0.05, 0) is 18.9 Å². The number of rotatable bonds is 2. The van der Waals surface area contributed by atoms with Crippen molar-refractivity contribution in [1.82, 2.24) is 14.8 Å². The zero-order valence-electron chi connectivity index (χ0n) is 12.0. The van der Waals surface area contributed by atoms with Crippen molar-refractivity contribution >= 4 is 5.91 Å². The summed E-state index contributed by atoms with van der Waals surface area (Å²) >= 11 is 0. The molecule has 1 aliphatic heterocycles. The standard InChI is InChI=1S/C16H19N3O2/c20-9-1-2-13-10-14(12-17-11-13)16(21)19-7-5-18(6-8-19)15-3-4-15/h10-12,15,20H,3-9H2. The summed E-state index contributed by atoms with van der Waals surface area (Å²) < 4.78 is 0. The van der Waals surface area contributed by atoms with Crippen LogP contribution in [0.15, 0.2) is 18.5 Å². The molecule has 0 atom stereocenters. The van der Waals surface area contributed by atoms with Crippen molar-refractivity contribution in [1.29, 1.82) is 0 Å². The second-order valence-electron chi connectivity index (χ2n) is 5.48. The molecule has 3 rings (SSSR count). The van der Waals surface area contributed by atoms with Crippen LogP contribution in [-0.4, -0.2) is 64.6 Å². The smallest absolute Gasteiger partial charge is 0.255 e. The van der Waals surface area contributed by atoms with Gasteiger partial charge in [-0.25, -0.2) is 0 Å². The monoisotopic (exact) mass is 285 g/mol. The highest BCUT2D eigenvalue weighted by Gasteiger charge is 2.32. The van der Waals surface area contributed by atoms with Gasteiger partial charge in [0.2, 0.25) is 0 Å². The van der Waals surface area contributed by atoms with Crippen LogP contribution in [0.3, 0.4) is 0 Å². The van der Waals surface area contributed by atoms with Gasteiger partial charge in [0.15, 0.2) is 0 Å². The maximum atomic E-state index is 12.5. The van der Waals surface area contributed by atoms with Crippen molar-refractivity contribution < 1.29 is 9.90 Å². The number of hydrogen-bond acceptors (Lipinski definition) is 4. The molecule has 1 aliphatic carbocycles. The fraction of sp³-hybridized carbons (Fsp3) is 0.500. The van der Waals surface area contributed by atoms with E-state index in [0.29, 0.717) is 11.1 Å². The zero-order valence-corrected chi connectivity index (χ0v) is 12.0. The van der Waals surface area contributed by atoms with Crippen molar-refractivity contribution in [3.63, 3.8) is 0 Å². The Morgan fingerprint density at radius 2 is 2.05 bits per heavy atom. The van der Waals surface area contributed by atoms with E-state index >= 15 is 0 Å². The van der Waals surface area contributed by atoms with E-state index < -0.39 is 0 Å². The minimum atomic E-state index is -0.193. The molecule has 5 heteroatoms. The van der Waals surface area contributed by atoms with Crippen molar-refractivity contribution in [3.8, 4) is 11.8 Å². The lowest BCUT2D eigenvalue weighted by Crippen LogP contribution is -2.49. The molecule has 1 aromatic heterocycles. The molecule has 1 saturated carbocycles. The molecule has 2 aliphatic rings. The van der Waals surface area contributed by atoms with Gasteiger partial charge in [0, 0.05) is 50.2 Å². The molecule has 0 aromatic carbocycles. The van der Waals surface area contributed by atoms with Gasteiger partial charge in [0.25, 0.3) is 5.91 Å². The van der Waals surface area contributed by atoms with Crippen molar-refractivity contribution in [2.45, 2.75) is 18.9 Å². The lowest BCUT2D eigenvalue weighted by Gasteiger charge is -2.34. The summed E-state index contributed by atoms with van der Waals surface area (Å²) in [6.07, 6.45) is 5.80. The number of nitrogens with zero attached hydrogens (tertiary/aromatic N) is 3. The quantitative estimate of drug-likeness (QED) is 0.797. The summed E-state index contributed by atoms with van der Waals surface area (Å²) in [6.45, 7) is 3.30. The molecule has 2 fully saturated rings. The molecule has 1 aromatic rings. The predicted molar refractivity (Wildman–Crippen MR) is 78.7 cm³/mol. The van der Waals surface area contributed by atoms with Crippen molar-refractivity contribution in [2.24, 2.45) is 0 Å².